The second kappa shape index (κ2) is 8.68. The van der Waals surface area contributed by atoms with E-state index >= 15 is 0 Å². The van der Waals surface area contributed by atoms with Gasteiger partial charge in [0, 0.05) is 7.11 Å². The van der Waals surface area contributed by atoms with E-state index in [-0.39, 0.29) is 12.2 Å². The average Bonchev–Trinajstić information content (AvgIpc) is 2.46. The molecule has 0 radical (unpaired) electrons. The number of carbonyl (C=O) groups is 1. The van der Waals surface area contributed by atoms with Crippen LogP contribution in [-0.4, -0.2) is 26.3 Å². The van der Waals surface area contributed by atoms with Crippen LogP contribution >= 0.6 is 0 Å². The van der Waals surface area contributed by atoms with Gasteiger partial charge in [-0.05, 0) is 24.1 Å². The van der Waals surface area contributed by atoms with Gasteiger partial charge in [0.15, 0.2) is 0 Å². The summed E-state index contributed by atoms with van der Waals surface area (Å²) in [5.74, 6) is -0.634. The van der Waals surface area contributed by atoms with Crippen molar-refractivity contribution < 1.29 is 14.3 Å². The van der Waals surface area contributed by atoms with E-state index in [4.69, 9.17) is 14.7 Å². The predicted octanol–water partition coefficient (Wildman–Crippen LogP) is 2.73. The first-order valence-electron chi connectivity index (χ1n) is 6.18. The number of nitriles is 1. The summed E-state index contributed by atoms with van der Waals surface area (Å²) in [7, 11) is 1.52. The maximum Gasteiger partial charge on any atom is 0.348 e. The SMILES string of the molecule is COCCOC(=O)/C(C#N)=C/C(C)=C/c1ccccc1. The number of allylic oxidation sites excluding steroid dienone is 2. The Morgan fingerprint density at radius 2 is 2.00 bits per heavy atom. The van der Waals surface area contributed by atoms with Gasteiger partial charge in [0.2, 0.25) is 0 Å². The summed E-state index contributed by atoms with van der Waals surface area (Å²) in [5, 5.41) is 8.99. The van der Waals surface area contributed by atoms with Gasteiger partial charge in [-0.3, -0.25) is 0 Å². The molecule has 4 nitrogen and oxygen atoms in total. The molecule has 0 N–H and O–H groups in total. The molecule has 0 atom stereocenters. The molecule has 0 aliphatic carbocycles. The maximum absolute atomic E-state index is 11.6. The number of hydrogen-bond acceptors (Lipinski definition) is 4. The van der Waals surface area contributed by atoms with Crippen molar-refractivity contribution in [2.45, 2.75) is 6.92 Å². The number of hydrogen-bond donors (Lipinski definition) is 0. The van der Waals surface area contributed by atoms with E-state index in [0.717, 1.165) is 11.1 Å². The minimum atomic E-state index is -0.634. The first kappa shape index (κ1) is 15.7. The van der Waals surface area contributed by atoms with E-state index in [9.17, 15) is 4.79 Å². The van der Waals surface area contributed by atoms with E-state index in [1.807, 2.05) is 49.4 Å². The van der Waals surface area contributed by atoms with Gasteiger partial charge in [-0.2, -0.15) is 5.26 Å². The number of nitrogens with zero attached hydrogens (tertiary/aromatic N) is 1. The molecule has 1 rings (SSSR count). The molecule has 0 amide bonds. The quantitative estimate of drug-likeness (QED) is 0.262. The Morgan fingerprint density at radius 1 is 1.30 bits per heavy atom. The molecular formula is C16H17NO3. The van der Waals surface area contributed by atoms with Gasteiger partial charge in [0.1, 0.15) is 18.2 Å². The molecule has 0 saturated heterocycles. The van der Waals surface area contributed by atoms with Gasteiger partial charge in [-0.15, -0.1) is 0 Å². The third-order valence-electron chi connectivity index (χ3n) is 2.43. The zero-order valence-corrected chi connectivity index (χ0v) is 11.6. The highest BCUT2D eigenvalue weighted by molar-refractivity contribution is 5.93. The lowest BCUT2D eigenvalue weighted by atomic mass is 10.1. The Labute approximate surface area is 118 Å². The van der Waals surface area contributed by atoms with E-state index < -0.39 is 5.97 Å². The van der Waals surface area contributed by atoms with Crippen LogP contribution in [0.4, 0.5) is 0 Å². The average molecular weight is 271 g/mol. The highest BCUT2D eigenvalue weighted by atomic mass is 16.6. The molecule has 0 bridgehead atoms. The number of esters is 1. The van der Waals surface area contributed by atoms with Crippen LogP contribution in [0.15, 0.2) is 47.6 Å². The van der Waals surface area contributed by atoms with Crippen LogP contribution in [0.2, 0.25) is 0 Å². The standard InChI is InChI=1S/C16H17NO3/c1-13(10-14-6-4-3-5-7-14)11-15(12-17)16(18)20-9-8-19-2/h3-7,10-11H,8-9H2,1-2H3/b13-10+,15-11+. The second-order valence-electron chi connectivity index (χ2n) is 4.10. The number of carbonyl (C=O) groups excluding carboxylic acids is 1. The number of rotatable bonds is 6. The summed E-state index contributed by atoms with van der Waals surface area (Å²) in [5.41, 5.74) is 1.79. The van der Waals surface area contributed by atoms with Crippen LogP contribution in [0.5, 0.6) is 0 Å². The molecule has 0 spiro atoms. The molecule has 0 heterocycles. The monoisotopic (exact) mass is 271 g/mol. The predicted molar refractivity (Wildman–Crippen MR) is 76.6 cm³/mol. The van der Waals surface area contributed by atoms with Gasteiger partial charge >= 0.3 is 5.97 Å². The third-order valence-corrected chi connectivity index (χ3v) is 2.43. The van der Waals surface area contributed by atoms with Crippen molar-refractivity contribution in [3.05, 3.63) is 53.1 Å². The molecule has 0 aromatic heterocycles. The fraction of sp³-hybridized carbons (Fsp3) is 0.250. The maximum atomic E-state index is 11.6. The van der Waals surface area contributed by atoms with E-state index in [1.165, 1.54) is 13.2 Å². The largest absolute Gasteiger partial charge is 0.459 e. The van der Waals surface area contributed by atoms with Crippen molar-refractivity contribution >= 4 is 12.0 Å². The highest BCUT2D eigenvalue weighted by Crippen LogP contribution is 2.10. The Bertz CT molecular complexity index is 539. The van der Waals surface area contributed by atoms with Crippen LogP contribution < -0.4 is 0 Å². The lowest BCUT2D eigenvalue weighted by Crippen LogP contribution is -2.11. The molecule has 0 unspecified atom stereocenters. The van der Waals surface area contributed by atoms with Crippen molar-refractivity contribution in [3.63, 3.8) is 0 Å². The zero-order valence-electron chi connectivity index (χ0n) is 11.6. The fourth-order valence-corrected chi connectivity index (χ4v) is 1.51. The Morgan fingerprint density at radius 3 is 2.60 bits per heavy atom. The van der Waals surface area contributed by atoms with Crippen LogP contribution in [0.25, 0.3) is 6.08 Å². The molecule has 0 fully saturated rings. The lowest BCUT2D eigenvalue weighted by molar-refractivity contribution is -0.139. The van der Waals surface area contributed by atoms with Crippen LogP contribution in [-0.2, 0) is 14.3 Å². The molecule has 1 aromatic rings. The number of methoxy groups -OCH3 is 1. The van der Waals surface area contributed by atoms with Crippen LogP contribution in [0.3, 0.4) is 0 Å². The molecule has 104 valence electrons. The van der Waals surface area contributed by atoms with E-state index in [2.05, 4.69) is 0 Å². The van der Waals surface area contributed by atoms with Gasteiger partial charge < -0.3 is 9.47 Å². The van der Waals surface area contributed by atoms with Gasteiger partial charge in [0.05, 0.1) is 6.61 Å². The minimum Gasteiger partial charge on any atom is -0.459 e. The summed E-state index contributed by atoms with van der Waals surface area (Å²) in [6.45, 7) is 2.27. The molecule has 1 aromatic carbocycles. The summed E-state index contributed by atoms with van der Waals surface area (Å²) in [6.07, 6.45) is 3.40. The summed E-state index contributed by atoms with van der Waals surface area (Å²) in [6, 6.07) is 11.5. The van der Waals surface area contributed by atoms with Crippen molar-refractivity contribution in [2.24, 2.45) is 0 Å². The highest BCUT2D eigenvalue weighted by Gasteiger charge is 2.10. The first-order chi connectivity index (χ1) is 9.67. The third kappa shape index (κ3) is 5.51. The van der Waals surface area contributed by atoms with Crippen molar-refractivity contribution in [2.75, 3.05) is 20.3 Å². The van der Waals surface area contributed by atoms with Crippen molar-refractivity contribution in [1.82, 2.24) is 0 Å². The molecule has 4 heteroatoms. The summed E-state index contributed by atoms with van der Waals surface area (Å²) < 4.78 is 9.68. The van der Waals surface area contributed by atoms with Gasteiger partial charge in [-0.25, -0.2) is 4.79 Å². The molecule has 20 heavy (non-hydrogen) atoms. The Balaban J connectivity index is 2.76. The normalized spacial score (nSPS) is 11.8. The smallest absolute Gasteiger partial charge is 0.348 e. The number of benzene rings is 1. The van der Waals surface area contributed by atoms with Gasteiger partial charge in [0.25, 0.3) is 0 Å². The van der Waals surface area contributed by atoms with E-state index in [1.54, 1.807) is 0 Å². The van der Waals surface area contributed by atoms with Crippen molar-refractivity contribution in [3.8, 4) is 6.07 Å². The van der Waals surface area contributed by atoms with Crippen molar-refractivity contribution in [1.29, 1.82) is 5.26 Å². The summed E-state index contributed by atoms with van der Waals surface area (Å²) >= 11 is 0. The molecule has 0 saturated carbocycles. The lowest BCUT2D eigenvalue weighted by Gasteiger charge is -2.02. The second-order valence-corrected chi connectivity index (χ2v) is 4.10. The van der Waals surface area contributed by atoms with Gasteiger partial charge in [-0.1, -0.05) is 36.4 Å². The van der Waals surface area contributed by atoms with E-state index in [0.29, 0.717) is 6.61 Å². The zero-order chi connectivity index (χ0) is 14.8. The Kier molecular flexibility index (Phi) is 6.80. The minimum absolute atomic E-state index is 0.0224. The summed E-state index contributed by atoms with van der Waals surface area (Å²) in [4.78, 5) is 11.6. The van der Waals surface area contributed by atoms with Crippen LogP contribution in [0, 0.1) is 11.3 Å². The molecule has 0 aliphatic heterocycles. The molecular weight excluding hydrogens is 254 g/mol. The fourth-order valence-electron chi connectivity index (χ4n) is 1.51. The Hall–Kier alpha value is -2.38. The first-order valence-corrected chi connectivity index (χ1v) is 6.18. The topological polar surface area (TPSA) is 59.3 Å². The number of ether oxygens (including phenoxy) is 2. The molecule has 0 aliphatic rings. The van der Waals surface area contributed by atoms with Crippen LogP contribution in [0.1, 0.15) is 12.5 Å².